The molecule has 21 heavy (non-hydrogen) atoms. The van der Waals surface area contributed by atoms with Crippen molar-refractivity contribution in [1.82, 2.24) is 4.98 Å². The third-order valence-electron chi connectivity index (χ3n) is 2.47. The average molecular weight is 364 g/mol. The number of hydrogen-bond acceptors (Lipinski definition) is 3. The van der Waals surface area contributed by atoms with E-state index in [-0.39, 0.29) is 32.0 Å². The van der Waals surface area contributed by atoms with Gasteiger partial charge in [0.2, 0.25) is 0 Å². The van der Waals surface area contributed by atoms with Crippen LogP contribution in [0.5, 0.6) is 0 Å². The molecule has 0 saturated heterocycles. The van der Waals surface area contributed by atoms with E-state index in [1.54, 1.807) is 0 Å². The number of carbonyl (C=O) groups excluding carboxylic acids is 2. The van der Waals surface area contributed by atoms with E-state index in [4.69, 9.17) is 46.4 Å². The van der Waals surface area contributed by atoms with E-state index < -0.39 is 11.1 Å². The van der Waals surface area contributed by atoms with Crippen LogP contribution in [0.3, 0.4) is 0 Å². The topological polar surface area (TPSA) is 59.1 Å². The molecule has 2 rings (SSSR count). The van der Waals surface area contributed by atoms with Crippen molar-refractivity contribution in [3.05, 3.63) is 56.7 Å². The Morgan fingerprint density at radius 3 is 2.38 bits per heavy atom. The van der Waals surface area contributed by atoms with Crippen LogP contribution in [0.15, 0.2) is 30.5 Å². The van der Waals surface area contributed by atoms with E-state index in [2.05, 4.69) is 10.3 Å². The van der Waals surface area contributed by atoms with Gasteiger partial charge in [-0.2, -0.15) is 0 Å². The van der Waals surface area contributed by atoms with Gasteiger partial charge < -0.3 is 5.32 Å². The van der Waals surface area contributed by atoms with Gasteiger partial charge in [0, 0.05) is 11.2 Å². The monoisotopic (exact) mass is 362 g/mol. The highest BCUT2D eigenvalue weighted by Gasteiger charge is 2.15. The molecule has 1 N–H and O–H groups in total. The van der Waals surface area contributed by atoms with Gasteiger partial charge >= 0.3 is 0 Å². The summed E-state index contributed by atoms with van der Waals surface area (Å²) in [7, 11) is 0. The van der Waals surface area contributed by atoms with Gasteiger partial charge in [0.15, 0.2) is 0 Å². The second kappa shape index (κ2) is 6.62. The van der Waals surface area contributed by atoms with Crippen molar-refractivity contribution < 1.29 is 9.59 Å². The molecule has 1 heterocycles. The normalized spacial score (nSPS) is 10.3. The molecule has 1 aromatic heterocycles. The molecule has 0 bridgehead atoms. The Bertz CT molecular complexity index is 717. The van der Waals surface area contributed by atoms with Gasteiger partial charge in [0.1, 0.15) is 5.82 Å². The largest absolute Gasteiger partial charge is 0.307 e. The number of hydrogen-bond donors (Lipinski definition) is 1. The number of pyridine rings is 1. The SMILES string of the molecule is O=C(Cl)c1ccc(NC(=O)c2cc(Cl)cc(Cl)c2Cl)nc1. The number of nitrogens with one attached hydrogen (secondary N) is 1. The lowest BCUT2D eigenvalue weighted by molar-refractivity contribution is 0.102. The third kappa shape index (κ3) is 3.86. The lowest BCUT2D eigenvalue weighted by atomic mass is 10.2. The van der Waals surface area contributed by atoms with Gasteiger partial charge in [0.05, 0.1) is 21.2 Å². The van der Waals surface area contributed by atoms with Crippen LogP contribution in [-0.2, 0) is 0 Å². The highest BCUT2D eigenvalue weighted by atomic mass is 35.5. The molecule has 108 valence electrons. The van der Waals surface area contributed by atoms with E-state index in [0.717, 1.165) is 0 Å². The first kappa shape index (κ1) is 16.0. The van der Waals surface area contributed by atoms with Crippen molar-refractivity contribution in [2.45, 2.75) is 0 Å². The summed E-state index contributed by atoms with van der Waals surface area (Å²) in [6.07, 6.45) is 1.25. The fraction of sp³-hybridized carbons (Fsp3) is 0. The zero-order valence-corrected chi connectivity index (χ0v) is 13.2. The van der Waals surface area contributed by atoms with Crippen molar-refractivity contribution >= 4 is 63.4 Å². The van der Waals surface area contributed by atoms with Crippen molar-refractivity contribution in [3.63, 3.8) is 0 Å². The summed E-state index contributed by atoms with van der Waals surface area (Å²) in [5.74, 6) is -0.296. The number of benzene rings is 1. The van der Waals surface area contributed by atoms with Crippen LogP contribution in [0.4, 0.5) is 5.82 Å². The highest BCUT2D eigenvalue weighted by Crippen LogP contribution is 2.30. The molecule has 0 saturated carbocycles. The number of carbonyl (C=O) groups is 2. The summed E-state index contributed by atoms with van der Waals surface area (Å²) >= 11 is 23.0. The highest BCUT2D eigenvalue weighted by molar-refractivity contribution is 6.67. The Morgan fingerprint density at radius 1 is 1.10 bits per heavy atom. The fourth-order valence-corrected chi connectivity index (χ4v) is 2.29. The molecule has 0 radical (unpaired) electrons. The van der Waals surface area contributed by atoms with Crippen LogP contribution in [0, 0.1) is 0 Å². The molecule has 0 aliphatic carbocycles. The molecule has 0 fully saturated rings. The van der Waals surface area contributed by atoms with Crippen molar-refractivity contribution in [2.75, 3.05) is 5.32 Å². The summed E-state index contributed by atoms with van der Waals surface area (Å²) in [6.45, 7) is 0. The van der Waals surface area contributed by atoms with Crippen LogP contribution in [-0.4, -0.2) is 16.1 Å². The first-order valence-corrected chi connectivity index (χ1v) is 7.01. The summed E-state index contributed by atoms with van der Waals surface area (Å²) < 4.78 is 0. The van der Waals surface area contributed by atoms with Crippen molar-refractivity contribution in [2.24, 2.45) is 0 Å². The van der Waals surface area contributed by atoms with E-state index in [1.807, 2.05) is 0 Å². The van der Waals surface area contributed by atoms with Gasteiger partial charge in [-0.05, 0) is 35.9 Å². The molecular weight excluding hydrogens is 358 g/mol. The lowest BCUT2D eigenvalue weighted by Gasteiger charge is -2.08. The number of rotatable bonds is 3. The summed E-state index contributed by atoms with van der Waals surface area (Å²) in [4.78, 5) is 26.9. The minimum absolute atomic E-state index is 0.0890. The lowest BCUT2D eigenvalue weighted by Crippen LogP contribution is -2.13. The maximum atomic E-state index is 12.1. The Labute approximate surface area is 140 Å². The Balaban J connectivity index is 2.24. The van der Waals surface area contributed by atoms with E-state index >= 15 is 0 Å². The van der Waals surface area contributed by atoms with E-state index in [1.165, 1.54) is 30.5 Å². The Morgan fingerprint density at radius 2 is 1.81 bits per heavy atom. The van der Waals surface area contributed by atoms with Gasteiger partial charge in [0.25, 0.3) is 11.1 Å². The number of amides is 1. The molecule has 0 spiro atoms. The minimum Gasteiger partial charge on any atom is -0.307 e. The van der Waals surface area contributed by atoms with Gasteiger partial charge in [-0.3, -0.25) is 9.59 Å². The molecule has 8 heteroatoms. The number of nitrogens with zero attached hydrogens (tertiary/aromatic N) is 1. The molecule has 0 aliphatic heterocycles. The number of halogens is 4. The molecule has 1 amide bonds. The minimum atomic E-state index is -0.634. The Hall–Kier alpha value is -1.33. The smallest absolute Gasteiger partial charge is 0.258 e. The summed E-state index contributed by atoms with van der Waals surface area (Å²) in [6, 6.07) is 5.70. The molecule has 4 nitrogen and oxygen atoms in total. The first-order valence-electron chi connectivity index (χ1n) is 5.50. The number of aromatic nitrogens is 1. The first-order chi connectivity index (χ1) is 9.88. The standard InChI is InChI=1S/C13H6Cl4N2O2/c14-7-3-8(11(16)9(15)4-7)13(21)19-10-2-1-6(5-18-10)12(17)20/h1-5H,(H,18,19,21). The van der Waals surface area contributed by atoms with Gasteiger partial charge in [-0.1, -0.05) is 34.8 Å². The molecule has 2 aromatic rings. The predicted molar refractivity (Wildman–Crippen MR) is 83.8 cm³/mol. The van der Waals surface area contributed by atoms with Gasteiger partial charge in [-0.15, -0.1) is 0 Å². The third-order valence-corrected chi connectivity index (χ3v) is 3.71. The van der Waals surface area contributed by atoms with E-state index in [9.17, 15) is 9.59 Å². The Kier molecular flexibility index (Phi) is 5.06. The average Bonchev–Trinajstić information content (AvgIpc) is 2.43. The van der Waals surface area contributed by atoms with Crippen LogP contribution in [0.25, 0.3) is 0 Å². The molecule has 0 unspecified atom stereocenters. The predicted octanol–water partition coefficient (Wildman–Crippen LogP) is 4.67. The van der Waals surface area contributed by atoms with Crippen molar-refractivity contribution in [1.29, 1.82) is 0 Å². The van der Waals surface area contributed by atoms with Crippen LogP contribution >= 0.6 is 46.4 Å². The zero-order valence-electron chi connectivity index (χ0n) is 10.2. The maximum absolute atomic E-state index is 12.1. The fourth-order valence-electron chi connectivity index (χ4n) is 1.49. The van der Waals surface area contributed by atoms with E-state index in [0.29, 0.717) is 0 Å². The zero-order chi connectivity index (χ0) is 15.6. The summed E-state index contributed by atoms with van der Waals surface area (Å²) in [5.41, 5.74) is 0.340. The second-order valence-corrected chi connectivity index (χ2v) is 5.47. The quantitative estimate of drug-likeness (QED) is 0.636. The van der Waals surface area contributed by atoms with Crippen LogP contribution < -0.4 is 5.32 Å². The maximum Gasteiger partial charge on any atom is 0.258 e. The summed E-state index contributed by atoms with van der Waals surface area (Å²) in [5, 5.41) is 2.42. The molecule has 1 aromatic carbocycles. The number of anilines is 1. The van der Waals surface area contributed by atoms with Gasteiger partial charge in [-0.25, -0.2) is 4.98 Å². The molecule has 0 aliphatic rings. The van der Waals surface area contributed by atoms with Crippen LogP contribution in [0.1, 0.15) is 20.7 Å². The molecule has 0 atom stereocenters. The van der Waals surface area contributed by atoms with Crippen LogP contribution in [0.2, 0.25) is 15.1 Å². The second-order valence-electron chi connectivity index (χ2n) is 3.91. The van der Waals surface area contributed by atoms with Crippen molar-refractivity contribution in [3.8, 4) is 0 Å². The molecular formula is C13H6Cl4N2O2.